The number of hydrogen-bond donors (Lipinski definition) is 8. The van der Waals surface area contributed by atoms with Crippen LogP contribution in [0.5, 0.6) is 0 Å². The number of rotatable bonds is 17. The number of carboxylic acid groups (broad SMARTS) is 1. The predicted octanol–water partition coefficient (Wildman–Crippen LogP) is 5.63. The molecular weight excluding hydrogens is 772 g/mol. The van der Waals surface area contributed by atoms with Crippen molar-refractivity contribution in [1.29, 1.82) is 0 Å². The van der Waals surface area contributed by atoms with E-state index in [1.165, 1.54) is 0 Å². The molecule has 0 bridgehead atoms. The number of aliphatic hydroxyl groups is 1. The molecule has 2 aromatic carbocycles. The van der Waals surface area contributed by atoms with Crippen molar-refractivity contribution in [3.8, 4) is 0 Å². The lowest BCUT2D eigenvalue weighted by Gasteiger charge is -2.23. The maximum absolute atomic E-state index is 11.7. The van der Waals surface area contributed by atoms with Gasteiger partial charge in [0.25, 0.3) is 0 Å². The zero-order valence-electron chi connectivity index (χ0n) is 34.5. The Morgan fingerprint density at radius 1 is 0.727 bits per heavy atom. The summed E-state index contributed by atoms with van der Waals surface area (Å²) in [4.78, 5) is 55.0. The summed E-state index contributed by atoms with van der Waals surface area (Å²) in [5.41, 5.74) is 5.81. The highest BCUT2D eigenvalue weighted by Crippen LogP contribution is 2.16. The molecule has 0 saturated heterocycles. The monoisotopic (exact) mass is 838 g/mol. The highest BCUT2D eigenvalue weighted by molar-refractivity contribution is 7.97. The number of carbonyl (C=O) groups is 5. The van der Waals surface area contributed by atoms with E-state index in [1.807, 2.05) is 60.7 Å². The smallest absolute Gasteiger partial charge is 0.311 e. The first-order valence-electron chi connectivity index (χ1n) is 17.7. The number of esters is 1. The Hall–Kier alpha value is -2.90. The quantitative estimate of drug-likeness (QED) is 0.0421. The molecular formula is C38H63ClN4O10S2. The molecule has 0 aliphatic rings. The summed E-state index contributed by atoms with van der Waals surface area (Å²) in [6, 6.07) is 17.6. The molecule has 314 valence electrons. The molecule has 0 heterocycles. The maximum Gasteiger partial charge on any atom is 0.311 e. The second-order valence-electron chi connectivity index (χ2n) is 14.8. The lowest BCUT2D eigenvalue weighted by molar-refractivity contribution is -0.170. The average molecular weight is 840 g/mol. The molecule has 0 amide bonds. The highest BCUT2D eigenvalue weighted by atomic mass is 35.5. The van der Waals surface area contributed by atoms with Gasteiger partial charge in [-0.05, 0) is 77.1 Å². The van der Waals surface area contributed by atoms with E-state index in [9.17, 15) is 24.0 Å². The van der Waals surface area contributed by atoms with Crippen molar-refractivity contribution in [3.05, 3.63) is 71.8 Å². The van der Waals surface area contributed by atoms with Gasteiger partial charge in [-0.1, -0.05) is 88.9 Å². The van der Waals surface area contributed by atoms with Crippen LogP contribution in [0.3, 0.4) is 0 Å². The van der Waals surface area contributed by atoms with Crippen LogP contribution < -0.4 is 10.9 Å². The largest absolute Gasteiger partial charge is 0.481 e. The third-order valence-corrected chi connectivity index (χ3v) is 7.63. The number of halogens is 1. The number of benzene rings is 2. The van der Waals surface area contributed by atoms with Gasteiger partial charge in [0, 0.05) is 5.41 Å². The standard InChI is InChI=1S/C16H24N2O4S.C11H16N2O3S.C5H9ClO.C5H10O2.CH4/c1-16(2,3)15(20)22-10-9-18(21)17-13(14(19)23)11-12-7-5-4-6-8-12;14-7-6-13(16)12-10(11(15)17)8-9-4-2-1-3-5-9;2*1-5(2,3)4(6)7;/h4-8,13,17,21H,9-11H2,1-3H3,(H,19,23);1-5,10,12,14,16H,6-8H2,(H,15,17);1-3H3;1-3H3,(H,6,7);1H4/i21T;16T;;;. The van der Waals surface area contributed by atoms with E-state index in [4.69, 9.17) is 29.4 Å². The summed E-state index contributed by atoms with van der Waals surface area (Å²) in [6.07, 6.45) is 0.819. The van der Waals surface area contributed by atoms with E-state index in [0.717, 1.165) is 21.5 Å². The van der Waals surface area contributed by atoms with E-state index in [0.29, 0.717) is 12.8 Å². The molecule has 14 nitrogen and oxygen atoms in total. The summed E-state index contributed by atoms with van der Waals surface area (Å²) >= 11 is 12.8. The van der Waals surface area contributed by atoms with Crippen molar-refractivity contribution in [2.75, 3.05) is 26.3 Å². The molecule has 0 aliphatic carbocycles. The molecule has 2 aromatic rings. The predicted molar refractivity (Wildman–Crippen MR) is 221 cm³/mol. The van der Waals surface area contributed by atoms with Gasteiger partial charge in [-0.3, -0.25) is 34.4 Å². The Morgan fingerprint density at radius 2 is 1.07 bits per heavy atom. The van der Waals surface area contributed by atoms with Crippen molar-refractivity contribution in [3.63, 3.8) is 0 Å². The Balaban J connectivity index is -0.000000772. The van der Waals surface area contributed by atoms with Crippen molar-refractivity contribution in [2.24, 2.45) is 16.2 Å². The number of carboxylic acids is 1. The van der Waals surface area contributed by atoms with Gasteiger partial charge in [-0.25, -0.2) is 10.9 Å². The SMILES string of the molecule is C.CC(C)(C)C(=O)Cl.CC(C)(C)C(=O)O.[3H]ON(CCO)NC(Cc1ccccc1)C(=O)S.[3H]ON(CCOC(=O)C(C)(C)C)NC(Cc1ccccc1)C(=O)S. The zero-order valence-corrected chi connectivity index (χ0v) is 35.0. The van der Waals surface area contributed by atoms with Crippen LogP contribution in [0, 0.1) is 16.2 Å². The summed E-state index contributed by atoms with van der Waals surface area (Å²) in [5.74, 6) is -1.11. The molecule has 0 saturated carbocycles. The number of carbonyl (C=O) groups excluding carboxylic acids is 4. The van der Waals surface area contributed by atoms with Crippen molar-refractivity contribution < 1.29 is 52.2 Å². The molecule has 0 spiro atoms. The first-order chi connectivity index (χ1) is 25.8. The number of nitrogens with zero attached hydrogens (tertiary/aromatic N) is 2. The third kappa shape index (κ3) is 30.0. The summed E-state index contributed by atoms with van der Waals surface area (Å²) in [5, 5.41) is 26.7. The maximum atomic E-state index is 11.7. The van der Waals surface area contributed by atoms with E-state index in [1.54, 1.807) is 62.3 Å². The molecule has 55 heavy (non-hydrogen) atoms. The number of ether oxygens (including phenoxy) is 1. The van der Waals surface area contributed by atoms with Gasteiger partial charge in [0.1, 0.15) is 6.61 Å². The Kier molecular flexibility index (Phi) is 27.0. The van der Waals surface area contributed by atoms with Gasteiger partial charge in [0.2, 0.25) is 18.3 Å². The minimum atomic E-state index is -0.757. The lowest BCUT2D eigenvalue weighted by atomic mass is 9.97. The van der Waals surface area contributed by atoms with Gasteiger partial charge < -0.3 is 14.9 Å². The zero-order chi connectivity index (χ0) is 43.7. The second kappa shape index (κ2) is 28.5. The number of aliphatic carboxylic acids is 1. The van der Waals surface area contributed by atoms with E-state index < -0.39 is 28.9 Å². The molecule has 17 heteroatoms. The molecule has 0 aliphatic heterocycles. The van der Waals surface area contributed by atoms with Gasteiger partial charge in [-0.15, -0.1) is 35.6 Å². The van der Waals surface area contributed by atoms with Gasteiger partial charge in [0.05, 0.1) is 42.6 Å². The highest BCUT2D eigenvalue weighted by Gasteiger charge is 2.24. The average Bonchev–Trinajstić information content (AvgIpc) is 3.10. The van der Waals surface area contributed by atoms with Gasteiger partial charge >= 0.3 is 11.9 Å². The fourth-order valence-corrected chi connectivity index (χ4v) is 3.38. The van der Waals surface area contributed by atoms with E-state index in [-0.39, 0.29) is 60.6 Å². The lowest BCUT2D eigenvalue weighted by Crippen LogP contribution is -2.48. The fraction of sp³-hybridized carbons (Fsp3) is 0.553. The minimum Gasteiger partial charge on any atom is -0.481 e. The molecule has 6 N–H and O–H groups in total. The molecule has 0 fully saturated rings. The Morgan fingerprint density at radius 3 is 1.33 bits per heavy atom. The summed E-state index contributed by atoms with van der Waals surface area (Å²) in [6.45, 7) is 15.6. The fourth-order valence-electron chi connectivity index (χ4n) is 3.08. The summed E-state index contributed by atoms with van der Waals surface area (Å²) in [7, 11) is 0. The van der Waals surface area contributed by atoms with E-state index in [2.05, 4.69) is 46.5 Å². The van der Waals surface area contributed by atoms with Crippen LogP contribution in [0.4, 0.5) is 0 Å². The number of hydroxylamine groups is 2. The van der Waals surface area contributed by atoms with Crippen molar-refractivity contribution in [2.45, 2.75) is 94.7 Å². The van der Waals surface area contributed by atoms with Gasteiger partial charge in [-0.2, -0.15) is 0 Å². The topological polar surface area (TPSA) is 206 Å². The first kappa shape index (κ1) is 52.1. The van der Waals surface area contributed by atoms with Crippen LogP contribution in [0.15, 0.2) is 60.7 Å². The van der Waals surface area contributed by atoms with Crippen LogP contribution in [0.1, 0.15) is 80.9 Å². The molecule has 0 aromatic heterocycles. The number of aliphatic hydroxyl groups excluding tert-OH is 1. The van der Waals surface area contributed by atoms with Crippen molar-refractivity contribution in [1.82, 2.24) is 21.2 Å². The summed E-state index contributed by atoms with van der Waals surface area (Å²) < 4.78 is 19.0. The van der Waals surface area contributed by atoms with E-state index >= 15 is 0 Å². The third-order valence-electron chi connectivity index (χ3n) is 6.44. The number of thiol groups is 2. The molecule has 0 radical (unpaired) electrons. The molecule has 2 rings (SSSR count). The normalized spacial score (nSPS) is 12.7. The Bertz CT molecular complexity index is 1430. The Labute approximate surface area is 345 Å². The van der Waals surface area contributed by atoms with Gasteiger partial charge in [0.15, 0.2) is 0 Å². The van der Waals surface area contributed by atoms with Crippen LogP contribution in [0.25, 0.3) is 0 Å². The number of nitrogens with one attached hydrogen (secondary N) is 2. The number of hydrogen-bond acceptors (Lipinski definition) is 13. The van der Waals surface area contributed by atoms with Crippen LogP contribution in [-0.4, -0.2) is 96.8 Å². The van der Waals surface area contributed by atoms with Crippen LogP contribution in [-0.2, 0) is 41.6 Å². The minimum absolute atomic E-state index is 0. The molecule has 2 atom stereocenters. The van der Waals surface area contributed by atoms with Crippen LogP contribution in [0.2, 0.25) is 2.86 Å². The first-order valence-corrected chi connectivity index (χ1v) is 18.2. The molecule has 2 unspecified atom stereocenters. The second-order valence-corrected chi connectivity index (χ2v) is 16.0. The van der Waals surface area contributed by atoms with Crippen molar-refractivity contribution >= 4 is 64.3 Å². The number of hydrazine groups is 2. The van der Waals surface area contributed by atoms with Crippen LogP contribution >= 0.6 is 36.9 Å².